The van der Waals surface area contributed by atoms with Gasteiger partial charge < -0.3 is 4.57 Å². The summed E-state index contributed by atoms with van der Waals surface area (Å²) in [5.74, 6) is 0.864. The van der Waals surface area contributed by atoms with Crippen molar-refractivity contribution in [3.63, 3.8) is 0 Å². The molecule has 0 N–H and O–H groups in total. The van der Waals surface area contributed by atoms with Crippen molar-refractivity contribution in [2.24, 2.45) is 0 Å². The van der Waals surface area contributed by atoms with E-state index in [2.05, 4.69) is 24.6 Å². The zero-order valence-electron chi connectivity index (χ0n) is 10.4. The molecule has 0 aromatic carbocycles. The Morgan fingerprint density at radius 1 is 1.15 bits per heavy atom. The van der Waals surface area contributed by atoms with Crippen molar-refractivity contribution in [2.75, 3.05) is 0 Å². The van der Waals surface area contributed by atoms with Gasteiger partial charge in [-0.15, -0.1) is 11.3 Å². The van der Waals surface area contributed by atoms with Crippen LogP contribution in [0.1, 0.15) is 5.69 Å². The first-order valence-electron chi connectivity index (χ1n) is 6.09. The molecule has 0 aliphatic rings. The van der Waals surface area contributed by atoms with Crippen LogP contribution in [0.5, 0.6) is 0 Å². The molecule has 0 aliphatic heterocycles. The number of nitrogens with zero attached hydrogens (tertiary/aromatic N) is 6. The average molecular weight is 282 g/mol. The Balaban J connectivity index is 1.77. The first-order valence-corrected chi connectivity index (χ1v) is 7.03. The van der Waals surface area contributed by atoms with E-state index in [0.29, 0.717) is 6.54 Å². The Hall–Kier alpha value is -2.54. The minimum atomic E-state index is 0.674. The monoisotopic (exact) mass is 282 g/mol. The van der Waals surface area contributed by atoms with Crippen LogP contribution >= 0.6 is 11.3 Å². The van der Waals surface area contributed by atoms with Crippen LogP contribution in [0.2, 0.25) is 0 Å². The Bertz CT molecular complexity index is 845. The van der Waals surface area contributed by atoms with Crippen molar-refractivity contribution >= 4 is 17.0 Å². The van der Waals surface area contributed by atoms with Gasteiger partial charge in [0.05, 0.1) is 17.7 Å². The largest absolute Gasteiger partial charge is 0.324 e. The molecule has 0 atom stereocenters. The number of hydrogen-bond acceptors (Lipinski definition) is 5. The van der Waals surface area contributed by atoms with Gasteiger partial charge in [0.1, 0.15) is 12.0 Å². The van der Waals surface area contributed by atoms with E-state index in [1.54, 1.807) is 23.9 Å². The molecule has 0 bridgehead atoms. The molecular weight excluding hydrogens is 272 g/mol. The molecule has 0 saturated heterocycles. The molecule has 20 heavy (non-hydrogen) atoms. The van der Waals surface area contributed by atoms with Gasteiger partial charge in [-0.2, -0.15) is 5.10 Å². The van der Waals surface area contributed by atoms with Crippen molar-refractivity contribution < 1.29 is 0 Å². The van der Waals surface area contributed by atoms with E-state index in [1.807, 2.05) is 39.8 Å². The quantitative estimate of drug-likeness (QED) is 0.577. The number of rotatable bonds is 3. The molecule has 4 aromatic heterocycles. The topological polar surface area (TPSA) is 60.9 Å². The zero-order valence-corrected chi connectivity index (χ0v) is 11.2. The molecular formula is C13H10N6S. The molecule has 7 heteroatoms. The fraction of sp³-hybridized carbons (Fsp3) is 0.0769. The Labute approximate surface area is 118 Å². The highest BCUT2D eigenvalue weighted by molar-refractivity contribution is 7.07. The summed E-state index contributed by atoms with van der Waals surface area (Å²) in [5, 5.41) is 6.24. The second-order valence-corrected chi connectivity index (χ2v) is 5.02. The Kier molecular flexibility index (Phi) is 2.56. The molecule has 0 unspecified atom stereocenters. The third kappa shape index (κ3) is 1.79. The van der Waals surface area contributed by atoms with E-state index in [1.165, 1.54) is 0 Å². The third-order valence-corrected chi connectivity index (χ3v) is 3.68. The average Bonchev–Trinajstić information content (AvgIpc) is 3.20. The van der Waals surface area contributed by atoms with E-state index >= 15 is 0 Å². The highest BCUT2D eigenvalue weighted by Gasteiger charge is 2.10. The smallest absolute Gasteiger partial charge is 0.159 e. The SMILES string of the molecule is c1cc(Cn2ccnc2-c2cscn2)n2ncnc2c1. The summed E-state index contributed by atoms with van der Waals surface area (Å²) in [7, 11) is 0. The molecule has 4 aromatic rings. The van der Waals surface area contributed by atoms with Crippen LogP contribution in [0.3, 0.4) is 0 Å². The third-order valence-electron chi connectivity index (χ3n) is 3.09. The van der Waals surface area contributed by atoms with Crippen molar-refractivity contribution in [1.29, 1.82) is 0 Å². The van der Waals surface area contributed by atoms with E-state index in [0.717, 1.165) is 22.9 Å². The maximum absolute atomic E-state index is 4.38. The molecule has 0 fully saturated rings. The van der Waals surface area contributed by atoms with Crippen LogP contribution in [0.15, 0.2) is 47.8 Å². The highest BCUT2D eigenvalue weighted by atomic mass is 32.1. The van der Waals surface area contributed by atoms with Crippen LogP contribution < -0.4 is 0 Å². The number of imidazole rings is 1. The van der Waals surface area contributed by atoms with Crippen LogP contribution in [0.4, 0.5) is 0 Å². The van der Waals surface area contributed by atoms with E-state index in [4.69, 9.17) is 0 Å². The second kappa shape index (κ2) is 4.53. The molecule has 0 amide bonds. The summed E-state index contributed by atoms with van der Waals surface area (Å²) >= 11 is 1.56. The molecule has 0 aliphatic carbocycles. The van der Waals surface area contributed by atoms with E-state index < -0.39 is 0 Å². The fourth-order valence-electron chi connectivity index (χ4n) is 2.19. The lowest BCUT2D eigenvalue weighted by atomic mass is 10.3. The lowest BCUT2D eigenvalue weighted by Gasteiger charge is -2.07. The van der Waals surface area contributed by atoms with Gasteiger partial charge in [0.25, 0.3) is 0 Å². The van der Waals surface area contributed by atoms with E-state index in [9.17, 15) is 0 Å². The van der Waals surface area contributed by atoms with E-state index in [-0.39, 0.29) is 0 Å². The standard InChI is InChI=1S/C13H10N6S/c1-2-10(19-12(3-1)15-8-17-19)6-18-5-4-14-13(18)11-7-20-9-16-11/h1-5,7-9H,6H2. The van der Waals surface area contributed by atoms with Gasteiger partial charge in [-0.1, -0.05) is 6.07 Å². The number of fused-ring (bicyclic) bond motifs is 1. The lowest BCUT2D eigenvalue weighted by molar-refractivity contribution is 0.739. The molecule has 4 heterocycles. The first-order chi connectivity index (χ1) is 9.92. The summed E-state index contributed by atoms with van der Waals surface area (Å²) < 4.78 is 3.90. The fourth-order valence-corrected chi connectivity index (χ4v) is 2.72. The maximum Gasteiger partial charge on any atom is 0.159 e. The summed E-state index contributed by atoms with van der Waals surface area (Å²) in [6.07, 6.45) is 5.30. The summed E-state index contributed by atoms with van der Waals surface area (Å²) in [6, 6.07) is 5.96. The van der Waals surface area contributed by atoms with Gasteiger partial charge in [-0.25, -0.2) is 19.5 Å². The van der Waals surface area contributed by atoms with Crippen LogP contribution in [0, 0.1) is 0 Å². The summed E-state index contributed by atoms with van der Waals surface area (Å²) in [6.45, 7) is 0.674. The number of aromatic nitrogens is 6. The van der Waals surface area contributed by atoms with Gasteiger partial charge >= 0.3 is 0 Å². The zero-order chi connectivity index (χ0) is 13.4. The molecule has 4 rings (SSSR count). The van der Waals surface area contributed by atoms with Gasteiger partial charge in [0.15, 0.2) is 11.5 Å². The summed E-state index contributed by atoms with van der Waals surface area (Å²) in [5.41, 5.74) is 4.60. The molecule has 0 saturated carbocycles. The summed E-state index contributed by atoms with van der Waals surface area (Å²) in [4.78, 5) is 12.9. The minimum absolute atomic E-state index is 0.674. The molecule has 6 nitrogen and oxygen atoms in total. The number of thiazole rings is 1. The van der Waals surface area contributed by atoms with Gasteiger partial charge in [-0.05, 0) is 12.1 Å². The number of pyridine rings is 1. The van der Waals surface area contributed by atoms with Crippen molar-refractivity contribution in [2.45, 2.75) is 6.54 Å². The molecule has 0 radical (unpaired) electrons. The maximum atomic E-state index is 4.38. The minimum Gasteiger partial charge on any atom is -0.324 e. The Morgan fingerprint density at radius 2 is 2.15 bits per heavy atom. The van der Waals surface area contributed by atoms with Gasteiger partial charge in [-0.3, -0.25) is 0 Å². The number of hydrogen-bond donors (Lipinski definition) is 0. The van der Waals surface area contributed by atoms with Crippen molar-refractivity contribution in [1.82, 2.24) is 29.1 Å². The lowest BCUT2D eigenvalue weighted by Crippen LogP contribution is -2.06. The normalized spacial score (nSPS) is 11.2. The van der Waals surface area contributed by atoms with Crippen molar-refractivity contribution in [3.8, 4) is 11.5 Å². The highest BCUT2D eigenvalue weighted by Crippen LogP contribution is 2.18. The van der Waals surface area contributed by atoms with Crippen LogP contribution in [-0.4, -0.2) is 29.1 Å². The van der Waals surface area contributed by atoms with Crippen molar-refractivity contribution in [3.05, 3.63) is 53.5 Å². The van der Waals surface area contributed by atoms with Gasteiger partial charge in [0, 0.05) is 17.8 Å². The Morgan fingerprint density at radius 3 is 3.05 bits per heavy atom. The second-order valence-electron chi connectivity index (χ2n) is 4.30. The van der Waals surface area contributed by atoms with Crippen LogP contribution in [-0.2, 0) is 6.54 Å². The first kappa shape index (κ1) is 11.3. The predicted molar refractivity (Wildman–Crippen MR) is 75.4 cm³/mol. The molecule has 0 spiro atoms. The van der Waals surface area contributed by atoms with Gasteiger partial charge in [0.2, 0.25) is 0 Å². The van der Waals surface area contributed by atoms with Crippen LogP contribution in [0.25, 0.3) is 17.2 Å². The predicted octanol–water partition coefficient (Wildman–Crippen LogP) is 2.10. The molecule has 98 valence electrons.